The fourth-order valence-corrected chi connectivity index (χ4v) is 2.63. The van der Waals surface area contributed by atoms with Crippen LogP contribution < -0.4 is 9.85 Å². The number of carbonyl (C=O) groups excluding carboxylic acids is 2. The van der Waals surface area contributed by atoms with Gasteiger partial charge in [-0.1, -0.05) is 0 Å². The van der Waals surface area contributed by atoms with E-state index in [0.717, 1.165) is 16.3 Å². The highest BCUT2D eigenvalue weighted by atomic mass is 17.0. The minimum atomic E-state index is -0.930. The molecule has 0 aromatic carbocycles. The van der Waals surface area contributed by atoms with E-state index in [1.807, 2.05) is 0 Å². The molecule has 21 heavy (non-hydrogen) atoms. The maximum atomic E-state index is 11.6. The molecule has 1 aromatic rings. The smallest absolute Gasteiger partial charge is 0.328 e. The normalized spacial score (nSPS) is 24.1. The number of nitrogens with zero attached hydrogens (tertiary/aromatic N) is 4. The van der Waals surface area contributed by atoms with E-state index in [4.69, 9.17) is 14.6 Å². The SMILES string of the molecule is CC(On1on1N1CCCC1C(=O)O)N1C(=O)CCC1=O. The third-order valence-electron chi connectivity index (χ3n) is 3.68. The third kappa shape index (κ3) is 2.36. The van der Waals surface area contributed by atoms with Crippen LogP contribution in [0.3, 0.4) is 0 Å². The summed E-state index contributed by atoms with van der Waals surface area (Å²) in [6.07, 6.45) is 0.836. The molecule has 0 spiro atoms. The summed E-state index contributed by atoms with van der Waals surface area (Å²) in [7, 11) is 0. The van der Waals surface area contributed by atoms with E-state index >= 15 is 0 Å². The molecule has 10 nitrogen and oxygen atoms in total. The number of carboxylic acid groups (broad SMARTS) is 1. The largest absolute Gasteiger partial charge is 0.480 e. The molecule has 3 heterocycles. The molecule has 0 bridgehead atoms. The monoisotopic (exact) mass is 300 g/mol. The molecule has 2 fully saturated rings. The van der Waals surface area contributed by atoms with Gasteiger partial charge in [0.2, 0.25) is 18.0 Å². The van der Waals surface area contributed by atoms with Crippen molar-refractivity contribution in [1.29, 1.82) is 0 Å². The van der Waals surface area contributed by atoms with Crippen LogP contribution in [0.2, 0.25) is 0 Å². The predicted molar refractivity (Wildman–Crippen MR) is 65.6 cm³/mol. The molecule has 0 saturated carbocycles. The highest BCUT2D eigenvalue weighted by Crippen LogP contribution is 2.19. The average molecular weight is 300 g/mol. The molecule has 116 valence electrons. The van der Waals surface area contributed by atoms with Crippen molar-refractivity contribution in [3.63, 3.8) is 0 Å². The molecular weight excluding hydrogens is 284 g/mol. The van der Waals surface area contributed by atoms with Crippen LogP contribution in [-0.2, 0) is 14.4 Å². The summed E-state index contributed by atoms with van der Waals surface area (Å²) in [4.78, 5) is 41.8. The molecule has 1 N–H and O–H groups in total. The van der Waals surface area contributed by atoms with Gasteiger partial charge in [-0.05, 0) is 19.8 Å². The van der Waals surface area contributed by atoms with E-state index in [2.05, 4.69) is 0 Å². The van der Waals surface area contributed by atoms with E-state index in [0.29, 0.717) is 13.0 Å². The zero-order valence-electron chi connectivity index (χ0n) is 11.5. The number of rotatable bonds is 5. The van der Waals surface area contributed by atoms with Crippen molar-refractivity contribution >= 4 is 17.8 Å². The number of carbonyl (C=O) groups is 3. The summed E-state index contributed by atoms with van der Waals surface area (Å²) in [6.45, 7) is 2.09. The van der Waals surface area contributed by atoms with Crippen LogP contribution >= 0.6 is 0 Å². The van der Waals surface area contributed by atoms with E-state index in [9.17, 15) is 14.4 Å². The van der Waals surface area contributed by atoms with Gasteiger partial charge in [0, 0.05) is 19.4 Å². The van der Waals surface area contributed by atoms with Gasteiger partial charge in [0.25, 0.3) is 0 Å². The lowest BCUT2D eigenvalue weighted by molar-refractivity contribution is -0.155. The number of aliphatic carboxylic acids is 1. The van der Waals surface area contributed by atoms with Gasteiger partial charge in [0.1, 0.15) is 11.1 Å². The molecule has 2 atom stereocenters. The summed E-state index contributed by atoms with van der Waals surface area (Å²) >= 11 is 0. The zero-order valence-corrected chi connectivity index (χ0v) is 11.5. The first-order valence-electron chi connectivity index (χ1n) is 6.78. The Bertz CT molecular complexity index is 555. The van der Waals surface area contributed by atoms with Gasteiger partial charge < -0.3 is 9.94 Å². The predicted octanol–water partition coefficient (Wildman–Crippen LogP) is -1.01. The number of amides is 2. The van der Waals surface area contributed by atoms with Crippen LogP contribution in [0.25, 0.3) is 0 Å². The molecule has 2 aliphatic rings. The van der Waals surface area contributed by atoms with E-state index in [1.54, 1.807) is 6.92 Å². The second-order valence-electron chi connectivity index (χ2n) is 5.09. The fraction of sp³-hybridized carbons (Fsp3) is 0.727. The highest BCUT2D eigenvalue weighted by molar-refractivity contribution is 6.02. The van der Waals surface area contributed by atoms with Crippen molar-refractivity contribution in [3.8, 4) is 0 Å². The van der Waals surface area contributed by atoms with E-state index < -0.39 is 18.2 Å². The fourth-order valence-electron chi connectivity index (χ4n) is 2.63. The van der Waals surface area contributed by atoms with Crippen molar-refractivity contribution in [3.05, 3.63) is 0 Å². The number of aromatic nitrogens is 2. The summed E-state index contributed by atoms with van der Waals surface area (Å²) < 4.78 is 5.04. The second-order valence-corrected chi connectivity index (χ2v) is 5.09. The Morgan fingerprint density at radius 3 is 2.67 bits per heavy atom. The van der Waals surface area contributed by atoms with Crippen LogP contribution in [0, 0.1) is 0 Å². The van der Waals surface area contributed by atoms with Gasteiger partial charge in [0.05, 0.1) is 4.96 Å². The van der Waals surface area contributed by atoms with Crippen molar-refractivity contribution in [2.24, 2.45) is 0 Å². The van der Waals surface area contributed by atoms with Gasteiger partial charge in [0.15, 0.2) is 0 Å². The summed E-state index contributed by atoms with van der Waals surface area (Å²) in [5.74, 6) is -1.50. The molecule has 2 saturated heterocycles. The number of likely N-dealkylation sites (tertiary alicyclic amines) is 1. The van der Waals surface area contributed by atoms with E-state index in [-0.39, 0.29) is 24.7 Å². The molecular formula is C11H16N4O6. The molecule has 10 heteroatoms. The lowest BCUT2D eigenvalue weighted by Gasteiger charge is -2.20. The van der Waals surface area contributed by atoms with E-state index in [1.165, 1.54) is 9.97 Å². The van der Waals surface area contributed by atoms with Crippen molar-refractivity contribution < 1.29 is 29.0 Å². The summed E-state index contributed by atoms with van der Waals surface area (Å²) in [5.41, 5.74) is 0. The number of imide groups is 1. The molecule has 0 radical (unpaired) electrons. The van der Waals surface area contributed by atoms with Gasteiger partial charge in [-0.3, -0.25) is 9.59 Å². The number of hydrogen-bond donors (Lipinski definition) is 1. The van der Waals surface area contributed by atoms with Crippen LogP contribution in [0.1, 0.15) is 32.6 Å². The molecule has 1 aromatic heterocycles. The Balaban J connectivity index is 1.62. The lowest BCUT2D eigenvalue weighted by atomic mass is 10.2. The summed E-state index contributed by atoms with van der Waals surface area (Å²) in [5, 5.41) is 11.6. The molecule has 2 unspecified atom stereocenters. The van der Waals surface area contributed by atoms with Crippen molar-refractivity contribution in [2.45, 2.75) is 44.9 Å². The van der Waals surface area contributed by atoms with Crippen molar-refractivity contribution in [2.75, 3.05) is 11.6 Å². The first-order chi connectivity index (χ1) is 9.99. The number of carboxylic acids is 1. The second kappa shape index (κ2) is 4.86. The first kappa shape index (κ1) is 13.6. The lowest BCUT2D eigenvalue weighted by Crippen LogP contribution is -2.45. The van der Waals surface area contributed by atoms with Crippen LogP contribution in [0.5, 0.6) is 0 Å². The Hall–Kier alpha value is -2.39. The Labute approximate surface area is 119 Å². The van der Waals surface area contributed by atoms with Crippen LogP contribution in [0.15, 0.2) is 4.63 Å². The maximum Gasteiger partial charge on any atom is 0.328 e. The third-order valence-corrected chi connectivity index (χ3v) is 3.68. The van der Waals surface area contributed by atoms with Gasteiger partial charge >= 0.3 is 5.97 Å². The minimum Gasteiger partial charge on any atom is -0.480 e. The molecule has 0 aliphatic carbocycles. The summed E-state index contributed by atoms with van der Waals surface area (Å²) in [6, 6.07) is -0.663. The quantitative estimate of drug-likeness (QED) is 0.694. The minimum absolute atomic E-state index is 0.185. The molecule has 3 rings (SSSR count). The molecule has 2 amide bonds. The number of hydrogen-bond acceptors (Lipinski definition) is 6. The Morgan fingerprint density at radius 2 is 2.05 bits per heavy atom. The van der Waals surface area contributed by atoms with Gasteiger partial charge in [-0.25, -0.2) is 14.7 Å². The van der Waals surface area contributed by atoms with Crippen molar-refractivity contribution in [1.82, 2.24) is 14.9 Å². The highest BCUT2D eigenvalue weighted by Gasteiger charge is 2.39. The Morgan fingerprint density at radius 1 is 1.38 bits per heavy atom. The molecule has 2 aliphatic heterocycles. The van der Waals surface area contributed by atoms with Gasteiger partial charge in [-0.2, -0.15) is 4.63 Å². The van der Waals surface area contributed by atoms with Crippen LogP contribution in [0.4, 0.5) is 0 Å². The zero-order chi connectivity index (χ0) is 15.1. The average Bonchev–Trinajstić information content (AvgIpc) is 2.86. The topological polar surface area (TPSA) is 110 Å². The standard InChI is InChI=1S/C11H16N4O6/c1-7(13-9(16)4-5-10(13)17)20-15-14(21-15)12-6-2-3-8(12)11(18)19/h7-8H,2-6H2,1H3,(H,18,19). The Kier molecular flexibility index (Phi) is 3.15. The maximum absolute atomic E-state index is 11.6. The first-order valence-corrected chi connectivity index (χ1v) is 6.78. The van der Waals surface area contributed by atoms with Gasteiger partial charge in [-0.15, -0.1) is 0 Å². The van der Waals surface area contributed by atoms with Crippen LogP contribution in [-0.4, -0.2) is 56.6 Å².